The van der Waals surface area contributed by atoms with E-state index < -0.39 is 0 Å². The van der Waals surface area contributed by atoms with Crippen molar-refractivity contribution in [2.75, 3.05) is 33.8 Å². The van der Waals surface area contributed by atoms with Crippen LogP contribution in [0, 0.1) is 0 Å². The molecule has 0 radical (unpaired) electrons. The third-order valence-corrected chi connectivity index (χ3v) is 3.84. The summed E-state index contributed by atoms with van der Waals surface area (Å²) in [6.07, 6.45) is 0. The molecular formula is C18H33IN4O. The summed E-state index contributed by atoms with van der Waals surface area (Å²) in [6.45, 7) is 11.4. The Morgan fingerprint density at radius 3 is 2.42 bits per heavy atom. The Hall–Kier alpha value is -1.02. The van der Waals surface area contributed by atoms with E-state index in [1.54, 1.807) is 14.2 Å². The second kappa shape index (κ2) is 12.4. The summed E-state index contributed by atoms with van der Waals surface area (Å²) in [5, 5.41) is 6.77. The second-order valence-electron chi connectivity index (χ2n) is 5.77. The molecule has 0 aromatic heterocycles. The highest BCUT2D eigenvalue weighted by atomic mass is 127. The molecule has 0 saturated carbocycles. The van der Waals surface area contributed by atoms with Crippen molar-refractivity contribution in [3.63, 3.8) is 0 Å². The van der Waals surface area contributed by atoms with E-state index in [4.69, 9.17) is 4.74 Å². The summed E-state index contributed by atoms with van der Waals surface area (Å²) in [7, 11) is 3.51. The van der Waals surface area contributed by atoms with Crippen molar-refractivity contribution in [1.29, 1.82) is 0 Å². The van der Waals surface area contributed by atoms with Gasteiger partial charge in [-0.2, -0.15) is 0 Å². The molecule has 0 aliphatic carbocycles. The van der Waals surface area contributed by atoms with Crippen LogP contribution in [-0.2, 0) is 0 Å². The first-order valence-electron chi connectivity index (χ1n) is 8.40. The SMILES string of the molecule is CCN(CC)C(CNC(=NC)NC(C)C)c1cccc(OC)c1.I. The second-order valence-corrected chi connectivity index (χ2v) is 5.77. The van der Waals surface area contributed by atoms with Crippen LogP contribution in [0.15, 0.2) is 29.3 Å². The average molecular weight is 448 g/mol. The maximum atomic E-state index is 5.38. The van der Waals surface area contributed by atoms with Crippen molar-refractivity contribution >= 4 is 29.9 Å². The van der Waals surface area contributed by atoms with Crippen LogP contribution < -0.4 is 15.4 Å². The van der Waals surface area contributed by atoms with E-state index in [0.29, 0.717) is 6.04 Å². The van der Waals surface area contributed by atoms with E-state index in [-0.39, 0.29) is 30.0 Å². The largest absolute Gasteiger partial charge is 0.497 e. The van der Waals surface area contributed by atoms with Gasteiger partial charge in [-0.15, -0.1) is 24.0 Å². The highest BCUT2D eigenvalue weighted by molar-refractivity contribution is 14.0. The van der Waals surface area contributed by atoms with Gasteiger partial charge >= 0.3 is 0 Å². The van der Waals surface area contributed by atoms with E-state index in [1.165, 1.54) is 5.56 Å². The lowest BCUT2D eigenvalue weighted by molar-refractivity contribution is 0.218. The van der Waals surface area contributed by atoms with Crippen molar-refractivity contribution < 1.29 is 4.74 Å². The van der Waals surface area contributed by atoms with Crippen molar-refractivity contribution in [1.82, 2.24) is 15.5 Å². The van der Waals surface area contributed by atoms with E-state index in [1.807, 2.05) is 12.1 Å². The minimum atomic E-state index is 0. The third kappa shape index (κ3) is 7.25. The molecule has 0 bridgehead atoms. The number of halogens is 1. The van der Waals surface area contributed by atoms with E-state index >= 15 is 0 Å². The summed E-state index contributed by atoms with van der Waals surface area (Å²) in [5.41, 5.74) is 1.25. The molecule has 1 aromatic carbocycles. The predicted molar refractivity (Wildman–Crippen MR) is 114 cm³/mol. The summed E-state index contributed by atoms with van der Waals surface area (Å²) < 4.78 is 5.38. The molecule has 5 nitrogen and oxygen atoms in total. The molecule has 1 unspecified atom stereocenters. The highest BCUT2D eigenvalue weighted by Crippen LogP contribution is 2.23. The maximum Gasteiger partial charge on any atom is 0.191 e. The van der Waals surface area contributed by atoms with Crippen LogP contribution in [0.25, 0.3) is 0 Å². The fraction of sp³-hybridized carbons (Fsp3) is 0.611. The molecule has 0 aliphatic rings. The van der Waals surface area contributed by atoms with Crippen molar-refractivity contribution in [3.05, 3.63) is 29.8 Å². The number of hydrogen-bond acceptors (Lipinski definition) is 3. The molecule has 1 aromatic rings. The standard InChI is InChI=1S/C18H32N4O.HI/c1-7-22(8-2)17(13-20-18(19-5)21-14(3)4)15-10-9-11-16(12-15)23-6;/h9-12,14,17H,7-8,13H2,1-6H3,(H2,19,20,21);1H. The molecule has 138 valence electrons. The third-order valence-electron chi connectivity index (χ3n) is 3.84. The Morgan fingerprint density at radius 1 is 1.25 bits per heavy atom. The minimum absolute atomic E-state index is 0. The van der Waals surface area contributed by atoms with Crippen LogP contribution in [-0.4, -0.2) is 50.7 Å². The Bertz CT molecular complexity index is 490. The molecule has 1 rings (SSSR count). The maximum absolute atomic E-state index is 5.38. The number of aliphatic imine (C=N–C) groups is 1. The van der Waals surface area contributed by atoms with Gasteiger partial charge in [0.2, 0.25) is 0 Å². The molecule has 1 atom stereocenters. The molecule has 24 heavy (non-hydrogen) atoms. The van der Waals surface area contributed by atoms with Gasteiger partial charge in [0.25, 0.3) is 0 Å². The first-order chi connectivity index (χ1) is 11.0. The first-order valence-corrected chi connectivity index (χ1v) is 8.40. The molecule has 2 N–H and O–H groups in total. The van der Waals surface area contributed by atoms with Crippen LogP contribution in [0.1, 0.15) is 39.3 Å². The number of rotatable bonds is 8. The highest BCUT2D eigenvalue weighted by Gasteiger charge is 2.19. The van der Waals surface area contributed by atoms with Crippen molar-refractivity contribution in [2.45, 2.75) is 39.8 Å². The van der Waals surface area contributed by atoms with Gasteiger partial charge in [0.1, 0.15) is 5.75 Å². The quantitative estimate of drug-likeness (QED) is 0.364. The number of likely N-dealkylation sites (N-methyl/N-ethyl adjacent to an activating group) is 1. The summed E-state index contributed by atoms with van der Waals surface area (Å²) in [5.74, 6) is 1.73. The number of nitrogens with zero attached hydrogens (tertiary/aromatic N) is 2. The number of ether oxygens (including phenoxy) is 1. The zero-order valence-electron chi connectivity index (χ0n) is 15.8. The van der Waals surface area contributed by atoms with E-state index in [9.17, 15) is 0 Å². The Morgan fingerprint density at radius 2 is 1.92 bits per heavy atom. The van der Waals surface area contributed by atoms with Gasteiger partial charge in [0, 0.05) is 19.6 Å². The number of nitrogens with one attached hydrogen (secondary N) is 2. The molecule has 0 amide bonds. The molecule has 0 fully saturated rings. The van der Waals surface area contributed by atoms with Gasteiger partial charge in [0.05, 0.1) is 13.2 Å². The molecule has 0 aliphatic heterocycles. The lowest BCUT2D eigenvalue weighted by Gasteiger charge is -2.31. The van der Waals surface area contributed by atoms with Gasteiger partial charge in [-0.1, -0.05) is 26.0 Å². The fourth-order valence-corrected chi connectivity index (χ4v) is 2.63. The average Bonchev–Trinajstić information content (AvgIpc) is 2.57. The normalized spacial score (nSPS) is 12.8. The van der Waals surface area contributed by atoms with Crippen LogP contribution in [0.2, 0.25) is 0 Å². The van der Waals surface area contributed by atoms with E-state index in [2.05, 4.69) is 60.4 Å². The minimum Gasteiger partial charge on any atom is -0.497 e. The van der Waals surface area contributed by atoms with Crippen molar-refractivity contribution in [3.8, 4) is 5.75 Å². The Balaban J connectivity index is 0.00000529. The molecule has 0 spiro atoms. The number of benzene rings is 1. The van der Waals surface area contributed by atoms with Gasteiger partial charge in [-0.3, -0.25) is 9.89 Å². The number of hydrogen-bond donors (Lipinski definition) is 2. The van der Waals surface area contributed by atoms with Crippen LogP contribution >= 0.6 is 24.0 Å². The molecule has 6 heteroatoms. The summed E-state index contributed by atoms with van der Waals surface area (Å²) in [4.78, 5) is 6.72. The lowest BCUT2D eigenvalue weighted by atomic mass is 10.0. The summed E-state index contributed by atoms with van der Waals surface area (Å²) >= 11 is 0. The zero-order valence-corrected chi connectivity index (χ0v) is 18.1. The molecule has 0 heterocycles. The number of methoxy groups -OCH3 is 1. The van der Waals surface area contributed by atoms with Gasteiger partial charge < -0.3 is 15.4 Å². The molecular weight excluding hydrogens is 415 g/mol. The van der Waals surface area contributed by atoms with E-state index in [0.717, 1.165) is 31.3 Å². The van der Waals surface area contributed by atoms with Crippen LogP contribution in [0.4, 0.5) is 0 Å². The smallest absolute Gasteiger partial charge is 0.191 e. The van der Waals surface area contributed by atoms with Gasteiger partial charge in [-0.25, -0.2) is 0 Å². The summed E-state index contributed by atoms with van der Waals surface area (Å²) in [6, 6.07) is 8.92. The topological polar surface area (TPSA) is 48.9 Å². The number of guanidine groups is 1. The lowest BCUT2D eigenvalue weighted by Crippen LogP contribution is -2.45. The Labute approximate surface area is 164 Å². The monoisotopic (exact) mass is 448 g/mol. The van der Waals surface area contributed by atoms with Gasteiger partial charge in [0.15, 0.2) is 5.96 Å². The molecule has 0 saturated heterocycles. The predicted octanol–water partition coefficient (Wildman–Crippen LogP) is 3.27. The fourth-order valence-electron chi connectivity index (χ4n) is 2.63. The van der Waals surface area contributed by atoms with Crippen molar-refractivity contribution in [2.24, 2.45) is 4.99 Å². The zero-order chi connectivity index (χ0) is 17.2. The van der Waals surface area contributed by atoms with Crippen LogP contribution in [0.3, 0.4) is 0 Å². The Kier molecular flexibility index (Phi) is 11.8. The first kappa shape index (κ1) is 23.0. The van der Waals surface area contributed by atoms with Gasteiger partial charge in [-0.05, 0) is 44.6 Å². The van der Waals surface area contributed by atoms with Crippen LogP contribution in [0.5, 0.6) is 5.75 Å².